The first-order chi connectivity index (χ1) is 19.7. The minimum absolute atomic E-state index is 0.205. The van der Waals surface area contributed by atoms with Gasteiger partial charge in [-0.15, -0.1) is 0 Å². The van der Waals surface area contributed by atoms with Gasteiger partial charge >= 0.3 is 12.5 Å². The van der Waals surface area contributed by atoms with Gasteiger partial charge in [0.1, 0.15) is 11.4 Å². The standard InChI is InChI=1S/C32H38F3N3O4/c1-7-20-10-11-23(30(37-6)41-29(36)28(34)35)18-25(20)27(39)19(2)17-22-9-8-16-38(31(40)42-32(3,4)5)26(22)21-12-14-24(33)15-13-21/h10-15,18,22,26,28,36H,2,7-9,16-17H2,1,3-6H3/t22?,26-/m1/s1. The average molecular weight is 586 g/mol. The first-order valence-electron chi connectivity index (χ1n) is 13.9. The predicted molar refractivity (Wildman–Crippen MR) is 156 cm³/mol. The van der Waals surface area contributed by atoms with Crippen molar-refractivity contribution in [3.63, 3.8) is 0 Å². The summed E-state index contributed by atoms with van der Waals surface area (Å²) >= 11 is 0. The second-order valence-electron chi connectivity index (χ2n) is 11.2. The third-order valence-corrected chi connectivity index (χ3v) is 7.02. The Labute approximate surface area is 244 Å². The Morgan fingerprint density at radius 1 is 1.17 bits per heavy atom. The van der Waals surface area contributed by atoms with Gasteiger partial charge in [-0.3, -0.25) is 15.2 Å². The second kappa shape index (κ2) is 13.8. The van der Waals surface area contributed by atoms with E-state index in [1.165, 1.54) is 25.2 Å². The Morgan fingerprint density at radius 2 is 1.83 bits per heavy atom. The minimum atomic E-state index is -3.11. The summed E-state index contributed by atoms with van der Waals surface area (Å²) in [6.07, 6.45) is -1.43. The number of carbonyl (C=O) groups excluding carboxylic acids is 2. The number of hydrogen-bond donors (Lipinski definition) is 1. The van der Waals surface area contributed by atoms with Crippen LogP contribution in [0.3, 0.4) is 0 Å². The fourth-order valence-corrected chi connectivity index (χ4v) is 5.14. The lowest BCUT2D eigenvalue weighted by Gasteiger charge is -2.42. The van der Waals surface area contributed by atoms with E-state index >= 15 is 0 Å². The summed E-state index contributed by atoms with van der Waals surface area (Å²) < 4.78 is 50.2. The molecular formula is C32H38F3N3O4. The van der Waals surface area contributed by atoms with E-state index in [0.717, 1.165) is 11.1 Å². The van der Waals surface area contributed by atoms with Crippen LogP contribution in [0.5, 0.6) is 0 Å². The molecular weight excluding hydrogens is 547 g/mol. The average Bonchev–Trinajstić information content (AvgIpc) is 2.94. The van der Waals surface area contributed by atoms with Crippen LogP contribution >= 0.6 is 0 Å². The number of likely N-dealkylation sites (tertiary alicyclic amines) is 1. The predicted octanol–water partition coefficient (Wildman–Crippen LogP) is 7.54. The Balaban J connectivity index is 1.93. The van der Waals surface area contributed by atoms with Gasteiger partial charge in [0.15, 0.2) is 5.78 Å². The van der Waals surface area contributed by atoms with Crippen LogP contribution in [0.15, 0.2) is 59.6 Å². The molecule has 0 spiro atoms. The lowest BCUT2D eigenvalue weighted by atomic mass is 9.79. The van der Waals surface area contributed by atoms with E-state index in [-0.39, 0.29) is 29.6 Å². The van der Waals surface area contributed by atoms with Crippen molar-refractivity contribution in [1.82, 2.24) is 4.90 Å². The van der Waals surface area contributed by atoms with Crippen LogP contribution in [-0.4, -0.2) is 54.2 Å². The van der Waals surface area contributed by atoms with E-state index < -0.39 is 35.9 Å². The fraction of sp³-hybridized carbons (Fsp3) is 0.438. The van der Waals surface area contributed by atoms with Crippen molar-refractivity contribution >= 4 is 23.7 Å². The Morgan fingerprint density at radius 3 is 2.40 bits per heavy atom. The van der Waals surface area contributed by atoms with E-state index in [9.17, 15) is 22.8 Å². The second-order valence-corrected chi connectivity index (χ2v) is 11.2. The summed E-state index contributed by atoms with van der Waals surface area (Å²) in [6, 6.07) is 10.3. The topological polar surface area (TPSA) is 92.1 Å². The van der Waals surface area contributed by atoms with Gasteiger partial charge in [-0.25, -0.2) is 9.18 Å². The van der Waals surface area contributed by atoms with Crippen LogP contribution in [0.25, 0.3) is 0 Å². The number of halogens is 3. The van der Waals surface area contributed by atoms with Crippen molar-refractivity contribution in [1.29, 1.82) is 5.41 Å². The Hall–Kier alpha value is -3.95. The first-order valence-corrected chi connectivity index (χ1v) is 13.9. The molecule has 2 aromatic carbocycles. The molecule has 0 aromatic heterocycles. The van der Waals surface area contributed by atoms with Crippen LogP contribution in [0.2, 0.25) is 0 Å². The summed E-state index contributed by atoms with van der Waals surface area (Å²) in [4.78, 5) is 32.5. The maximum Gasteiger partial charge on any atom is 0.410 e. The highest BCUT2D eigenvalue weighted by atomic mass is 19.3. The molecule has 1 aliphatic rings. The van der Waals surface area contributed by atoms with Gasteiger partial charge in [-0.1, -0.05) is 31.7 Å². The van der Waals surface area contributed by atoms with Gasteiger partial charge in [0, 0.05) is 24.7 Å². The molecule has 1 unspecified atom stereocenters. The number of aryl methyl sites for hydroxylation is 1. The van der Waals surface area contributed by atoms with Crippen LogP contribution < -0.4 is 0 Å². The molecule has 7 nitrogen and oxygen atoms in total. The smallest absolute Gasteiger partial charge is 0.410 e. The number of nitrogens with zero attached hydrogens (tertiary/aromatic N) is 2. The molecule has 1 heterocycles. The number of carbonyl (C=O) groups is 2. The lowest BCUT2D eigenvalue weighted by molar-refractivity contribution is -0.000569. The number of benzene rings is 2. The van der Waals surface area contributed by atoms with Crippen LogP contribution in [-0.2, 0) is 15.9 Å². The number of allylic oxidation sites excluding steroid dienone is 1. The maximum absolute atomic E-state index is 13.8. The molecule has 0 aliphatic carbocycles. The summed E-state index contributed by atoms with van der Waals surface area (Å²) in [5, 5.41) is 7.36. The SMILES string of the molecule is C=C(CC1CCCN(C(=O)OC(C)(C)C)[C@@H]1c1ccc(F)cc1)C(=O)c1cc(C(=NC)OC(=N)C(F)F)ccc1CC. The van der Waals surface area contributed by atoms with Crippen molar-refractivity contribution in [2.24, 2.45) is 10.9 Å². The normalized spacial score (nSPS) is 17.6. The number of amides is 1. The van der Waals surface area contributed by atoms with E-state index in [1.54, 1.807) is 49.9 Å². The summed E-state index contributed by atoms with van der Waals surface area (Å²) in [5.74, 6) is -2.39. The zero-order valence-electron chi connectivity index (χ0n) is 24.7. The van der Waals surface area contributed by atoms with Crippen molar-refractivity contribution in [3.8, 4) is 0 Å². The molecule has 1 saturated heterocycles. The molecule has 3 rings (SSSR count). The van der Waals surface area contributed by atoms with Crippen molar-refractivity contribution in [2.45, 2.75) is 71.4 Å². The van der Waals surface area contributed by atoms with Crippen LogP contribution in [0, 0.1) is 17.1 Å². The number of ketones is 1. The number of piperidine rings is 1. The van der Waals surface area contributed by atoms with Gasteiger partial charge < -0.3 is 14.4 Å². The Bertz CT molecular complexity index is 1350. The number of nitrogens with one attached hydrogen (secondary N) is 1. The molecule has 1 aliphatic heterocycles. The first kappa shape index (κ1) is 32.6. The highest BCUT2D eigenvalue weighted by molar-refractivity contribution is 6.11. The lowest BCUT2D eigenvalue weighted by Crippen LogP contribution is -2.45. The molecule has 0 saturated carbocycles. The van der Waals surface area contributed by atoms with Gasteiger partial charge in [0.05, 0.1) is 6.04 Å². The van der Waals surface area contributed by atoms with Crippen molar-refractivity contribution < 1.29 is 32.2 Å². The molecule has 1 fully saturated rings. The molecule has 1 amide bonds. The summed E-state index contributed by atoms with van der Waals surface area (Å²) in [7, 11) is 1.34. The minimum Gasteiger partial charge on any atom is -0.444 e. The zero-order chi connectivity index (χ0) is 31.2. The highest BCUT2D eigenvalue weighted by Gasteiger charge is 2.38. The molecule has 2 aromatic rings. The molecule has 1 N–H and O–H groups in total. The van der Waals surface area contributed by atoms with Crippen LogP contribution in [0.4, 0.5) is 18.0 Å². The van der Waals surface area contributed by atoms with E-state index in [1.807, 2.05) is 6.92 Å². The number of Topliss-reactive ketones (excluding diaryl/α,β-unsaturated/α-hetero) is 1. The third-order valence-electron chi connectivity index (χ3n) is 7.02. The Kier molecular flexibility index (Phi) is 10.7. The van der Waals surface area contributed by atoms with E-state index in [0.29, 0.717) is 36.9 Å². The summed E-state index contributed by atoms with van der Waals surface area (Å²) in [6.45, 7) is 11.8. The van der Waals surface area contributed by atoms with Crippen molar-refractivity contribution in [2.75, 3.05) is 13.6 Å². The summed E-state index contributed by atoms with van der Waals surface area (Å²) in [5.41, 5.74) is 1.64. The third kappa shape index (κ3) is 8.08. The van der Waals surface area contributed by atoms with Crippen molar-refractivity contribution in [3.05, 3.63) is 82.7 Å². The van der Waals surface area contributed by atoms with Crippen LogP contribution in [0.1, 0.15) is 80.0 Å². The molecule has 0 radical (unpaired) electrons. The number of ether oxygens (including phenoxy) is 2. The zero-order valence-corrected chi connectivity index (χ0v) is 24.7. The van der Waals surface area contributed by atoms with E-state index in [2.05, 4.69) is 11.6 Å². The molecule has 2 atom stereocenters. The molecule has 226 valence electrons. The molecule has 0 bridgehead atoms. The molecule has 10 heteroatoms. The quantitative estimate of drug-likeness (QED) is 0.150. The maximum atomic E-state index is 13.8. The molecule has 42 heavy (non-hydrogen) atoms. The fourth-order valence-electron chi connectivity index (χ4n) is 5.14. The number of rotatable bonds is 8. The number of alkyl halides is 2. The van der Waals surface area contributed by atoms with Gasteiger partial charge in [0.25, 0.3) is 5.90 Å². The van der Waals surface area contributed by atoms with Gasteiger partial charge in [0.2, 0.25) is 5.90 Å². The monoisotopic (exact) mass is 585 g/mol. The number of aliphatic imine (C=N–C) groups is 1. The highest BCUT2D eigenvalue weighted by Crippen LogP contribution is 2.40. The largest absolute Gasteiger partial charge is 0.444 e. The van der Waals surface area contributed by atoms with Gasteiger partial charge in [-0.2, -0.15) is 8.78 Å². The van der Waals surface area contributed by atoms with E-state index in [4.69, 9.17) is 14.9 Å². The van der Waals surface area contributed by atoms with Gasteiger partial charge in [-0.05, 0) is 93.3 Å². The number of hydrogen-bond acceptors (Lipinski definition) is 6.